The molecule has 3 nitrogen and oxygen atoms in total. The quantitative estimate of drug-likeness (QED) is 0.906. The van der Waals surface area contributed by atoms with Crippen molar-refractivity contribution in [1.82, 2.24) is 5.32 Å². The number of piperidine rings is 1. The summed E-state index contributed by atoms with van der Waals surface area (Å²) < 4.78 is 11.4. The minimum atomic E-state index is 0. The minimum Gasteiger partial charge on any atom is -0.380 e. The second-order valence-electron chi connectivity index (χ2n) is 5.74. The summed E-state index contributed by atoms with van der Waals surface area (Å²) in [7, 11) is 1.74. The maximum atomic E-state index is 6.14. The Morgan fingerprint density at radius 1 is 1.05 bits per heavy atom. The number of nitrogens with one attached hydrogen (secondary N) is 1. The number of hydrogen-bond acceptors (Lipinski definition) is 3. The average molecular weight is 298 g/mol. The molecular weight excluding hydrogens is 274 g/mol. The van der Waals surface area contributed by atoms with Gasteiger partial charge < -0.3 is 14.8 Å². The van der Waals surface area contributed by atoms with E-state index in [2.05, 4.69) is 29.6 Å². The van der Waals surface area contributed by atoms with Crippen molar-refractivity contribution < 1.29 is 9.47 Å². The van der Waals surface area contributed by atoms with E-state index in [9.17, 15) is 0 Å². The molecule has 0 saturated carbocycles. The van der Waals surface area contributed by atoms with Crippen molar-refractivity contribution in [2.75, 3.05) is 7.11 Å². The van der Waals surface area contributed by atoms with Crippen molar-refractivity contribution in [2.45, 2.75) is 57.1 Å². The van der Waals surface area contributed by atoms with Gasteiger partial charge in [-0.1, -0.05) is 24.3 Å². The standard InChI is InChI=1S/C16H23NO2.ClH/c1-18-10-12-4-2-3-5-13(12)11-19-16-8-14-6-7-15(9-16)17-14;/h2-5,14-17H,6-11H2,1H3;1H/t14-,15+,16+;. The number of halogens is 1. The summed E-state index contributed by atoms with van der Waals surface area (Å²) in [6.45, 7) is 1.38. The van der Waals surface area contributed by atoms with Crippen LogP contribution in [0, 0.1) is 0 Å². The van der Waals surface area contributed by atoms with Crippen molar-refractivity contribution in [3.05, 3.63) is 35.4 Å². The second-order valence-corrected chi connectivity index (χ2v) is 5.74. The van der Waals surface area contributed by atoms with Crippen molar-refractivity contribution in [1.29, 1.82) is 0 Å². The van der Waals surface area contributed by atoms with Crippen LogP contribution < -0.4 is 5.32 Å². The number of methoxy groups -OCH3 is 1. The first kappa shape index (κ1) is 15.8. The molecule has 2 heterocycles. The predicted molar refractivity (Wildman–Crippen MR) is 82.2 cm³/mol. The Morgan fingerprint density at radius 3 is 2.25 bits per heavy atom. The maximum absolute atomic E-state index is 6.14. The zero-order valence-electron chi connectivity index (χ0n) is 12.0. The van der Waals surface area contributed by atoms with Gasteiger partial charge in [-0.25, -0.2) is 0 Å². The molecule has 112 valence electrons. The SMILES string of the molecule is COCc1ccccc1CO[C@H]1C[C@H]2CC[C@@H](C1)N2.Cl. The molecule has 2 fully saturated rings. The Bertz CT molecular complexity index is 415. The molecule has 2 aliphatic heterocycles. The third-order valence-corrected chi connectivity index (χ3v) is 4.32. The topological polar surface area (TPSA) is 30.5 Å². The molecule has 2 saturated heterocycles. The molecule has 2 aliphatic rings. The Balaban J connectivity index is 0.00000147. The van der Waals surface area contributed by atoms with Crippen LogP contribution in [0.4, 0.5) is 0 Å². The van der Waals surface area contributed by atoms with Crippen molar-refractivity contribution >= 4 is 12.4 Å². The highest BCUT2D eigenvalue weighted by molar-refractivity contribution is 5.85. The van der Waals surface area contributed by atoms with Crippen LogP contribution in [0.1, 0.15) is 36.8 Å². The van der Waals surface area contributed by atoms with Crippen molar-refractivity contribution in [3.63, 3.8) is 0 Å². The Labute approximate surface area is 127 Å². The lowest BCUT2D eigenvalue weighted by Gasteiger charge is -2.29. The molecule has 3 rings (SSSR count). The lowest BCUT2D eigenvalue weighted by molar-refractivity contribution is 0.00835. The summed E-state index contributed by atoms with van der Waals surface area (Å²) in [5.41, 5.74) is 2.50. The van der Waals surface area contributed by atoms with Crippen molar-refractivity contribution in [3.8, 4) is 0 Å². The lowest BCUT2D eigenvalue weighted by atomic mass is 10.0. The molecule has 4 heteroatoms. The molecule has 1 aromatic carbocycles. The van der Waals surface area contributed by atoms with E-state index in [1.54, 1.807) is 7.11 Å². The second kappa shape index (κ2) is 7.41. The lowest BCUT2D eigenvalue weighted by Crippen LogP contribution is -2.41. The van der Waals surface area contributed by atoms with E-state index in [4.69, 9.17) is 9.47 Å². The van der Waals surface area contributed by atoms with E-state index in [1.807, 2.05) is 0 Å². The summed E-state index contributed by atoms with van der Waals surface area (Å²) in [5, 5.41) is 3.65. The third kappa shape index (κ3) is 3.73. The van der Waals surface area contributed by atoms with Gasteiger partial charge in [0.05, 0.1) is 19.3 Å². The number of rotatable bonds is 5. The highest BCUT2D eigenvalue weighted by atomic mass is 35.5. The molecule has 0 unspecified atom stereocenters. The van der Waals surface area contributed by atoms with E-state index >= 15 is 0 Å². The number of ether oxygens (including phenoxy) is 2. The van der Waals surface area contributed by atoms with E-state index in [1.165, 1.54) is 36.8 Å². The normalized spacial score (nSPS) is 28.1. The minimum absolute atomic E-state index is 0. The smallest absolute Gasteiger partial charge is 0.0724 e. The first-order valence-electron chi connectivity index (χ1n) is 7.28. The molecule has 1 N–H and O–H groups in total. The van der Waals surface area contributed by atoms with Crippen LogP contribution in [-0.4, -0.2) is 25.3 Å². The summed E-state index contributed by atoms with van der Waals surface area (Å²) in [5.74, 6) is 0. The molecule has 0 aromatic heterocycles. The van der Waals surface area contributed by atoms with Crippen LogP contribution in [0.3, 0.4) is 0 Å². The summed E-state index contributed by atoms with van der Waals surface area (Å²) >= 11 is 0. The van der Waals surface area contributed by atoms with Gasteiger partial charge in [-0.05, 0) is 36.8 Å². The Hall–Kier alpha value is -0.610. The molecule has 2 bridgehead atoms. The van der Waals surface area contributed by atoms with E-state index < -0.39 is 0 Å². The average Bonchev–Trinajstić information content (AvgIpc) is 2.77. The highest BCUT2D eigenvalue weighted by Gasteiger charge is 2.33. The van der Waals surface area contributed by atoms with Crippen molar-refractivity contribution in [2.24, 2.45) is 0 Å². The fourth-order valence-corrected chi connectivity index (χ4v) is 3.34. The number of benzene rings is 1. The van der Waals surface area contributed by atoms with Gasteiger partial charge in [0.2, 0.25) is 0 Å². The van der Waals surface area contributed by atoms with Gasteiger partial charge in [0.25, 0.3) is 0 Å². The summed E-state index contributed by atoms with van der Waals surface area (Å²) in [4.78, 5) is 0. The van der Waals surface area contributed by atoms with Gasteiger partial charge in [-0.15, -0.1) is 12.4 Å². The largest absolute Gasteiger partial charge is 0.380 e. The molecule has 1 aromatic rings. The summed E-state index contributed by atoms with van der Waals surface area (Å²) in [6, 6.07) is 9.78. The van der Waals surface area contributed by atoms with Crippen LogP contribution in [-0.2, 0) is 22.7 Å². The zero-order valence-corrected chi connectivity index (χ0v) is 12.8. The third-order valence-electron chi connectivity index (χ3n) is 4.32. The van der Waals surface area contributed by atoms with Gasteiger partial charge in [-0.3, -0.25) is 0 Å². The van der Waals surface area contributed by atoms with Crippen LogP contribution in [0.2, 0.25) is 0 Å². The fourth-order valence-electron chi connectivity index (χ4n) is 3.34. The molecule has 0 aliphatic carbocycles. The van der Waals surface area contributed by atoms with Gasteiger partial charge in [0, 0.05) is 19.2 Å². The van der Waals surface area contributed by atoms with Gasteiger partial charge in [-0.2, -0.15) is 0 Å². The van der Waals surface area contributed by atoms with Crippen LogP contribution in [0.5, 0.6) is 0 Å². The highest BCUT2D eigenvalue weighted by Crippen LogP contribution is 2.29. The maximum Gasteiger partial charge on any atom is 0.0724 e. The molecule has 0 spiro atoms. The molecule has 20 heavy (non-hydrogen) atoms. The number of fused-ring (bicyclic) bond motifs is 2. The summed E-state index contributed by atoms with van der Waals surface area (Å²) in [6.07, 6.45) is 5.41. The van der Waals surface area contributed by atoms with Gasteiger partial charge in [0.1, 0.15) is 0 Å². The Morgan fingerprint density at radius 2 is 1.65 bits per heavy atom. The van der Waals surface area contributed by atoms with Crippen LogP contribution in [0.25, 0.3) is 0 Å². The van der Waals surface area contributed by atoms with Gasteiger partial charge in [0.15, 0.2) is 0 Å². The molecule has 3 atom stereocenters. The van der Waals surface area contributed by atoms with E-state index in [-0.39, 0.29) is 12.4 Å². The van der Waals surface area contributed by atoms with E-state index in [0.29, 0.717) is 31.4 Å². The molecular formula is C16H24ClNO2. The van der Waals surface area contributed by atoms with E-state index in [0.717, 1.165) is 0 Å². The first-order chi connectivity index (χ1) is 9.35. The molecule has 0 amide bonds. The van der Waals surface area contributed by atoms with Crippen LogP contribution >= 0.6 is 12.4 Å². The fraction of sp³-hybridized carbons (Fsp3) is 0.625. The Kier molecular flexibility index (Phi) is 5.85. The van der Waals surface area contributed by atoms with Crippen LogP contribution in [0.15, 0.2) is 24.3 Å². The predicted octanol–water partition coefficient (Wildman–Crippen LogP) is 3.05. The zero-order chi connectivity index (χ0) is 13.1. The first-order valence-corrected chi connectivity index (χ1v) is 7.28. The molecule has 0 radical (unpaired) electrons. The number of hydrogen-bond donors (Lipinski definition) is 1. The van der Waals surface area contributed by atoms with Gasteiger partial charge >= 0.3 is 0 Å². The monoisotopic (exact) mass is 297 g/mol.